The molecule has 0 aromatic heterocycles. The van der Waals surface area contributed by atoms with Crippen molar-refractivity contribution in [2.24, 2.45) is 0 Å². The smallest absolute Gasteiger partial charge is 0.310 e. The average molecular weight is 289 g/mol. The number of benzene rings is 1. The molecule has 21 heavy (non-hydrogen) atoms. The average Bonchev–Trinajstić information content (AvgIpc) is 2.47. The van der Waals surface area contributed by atoms with Crippen LogP contribution in [0.5, 0.6) is 5.75 Å². The van der Waals surface area contributed by atoms with Crippen molar-refractivity contribution < 1.29 is 19.0 Å². The first kappa shape index (κ1) is 16.6. The summed E-state index contributed by atoms with van der Waals surface area (Å²) < 4.78 is 15.8. The second-order valence-electron chi connectivity index (χ2n) is 4.21. The van der Waals surface area contributed by atoms with Gasteiger partial charge in [0, 0.05) is 12.5 Å². The van der Waals surface area contributed by atoms with Gasteiger partial charge in [0.2, 0.25) is 6.29 Å². The highest BCUT2D eigenvalue weighted by molar-refractivity contribution is 5.73. The van der Waals surface area contributed by atoms with E-state index in [4.69, 9.17) is 19.5 Å². The molecule has 0 saturated heterocycles. The lowest BCUT2D eigenvalue weighted by atomic mass is 10.1. The first-order chi connectivity index (χ1) is 10.1. The van der Waals surface area contributed by atoms with E-state index in [0.29, 0.717) is 23.5 Å². The van der Waals surface area contributed by atoms with Gasteiger partial charge in [0.1, 0.15) is 5.75 Å². The number of nitriles is 1. The van der Waals surface area contributed by atoms with Crippen LogP contribution in [0.25, 0.3) is 0 Å². The Kier molecular flexibility index (Phi) is 6.82. The lowest BCUT2D eigenvalue weighted by Crippen LogP contribution is -2.16. The van der Waals surface area contributed by atoms with Gasteiger partial charge in [0.05, 0.1) is 30.9 Å². The van der Waals surface area contributed by atoms with Crippen molar-refractivity contribution in [1.29, 1.82) is 5.26 Å². The second kappa shape index (κ2) is 8.64. The number of nitrogens with zero attached hydrogens (tertiary/aromatic N) is 1. The molecule has 0 N–H and O–H groups in total. The minimum atomic E-state index is -0.531. The Bertz CT molecular complexity index is 546. The van der Waals surface area contributed by atoms with Gasteiger partial charge >= 0.3 is 5.97 Å². The molecule has 0 aliphatic carbocycles. The molecular formula is C16H19NO4. The fourth-order valence-electron chi connectivity index (χ4n) is 1.64. The van der Waals surface area contributed by atoms with Crippen molar-refractivity contribution in [3.63, 3.8) is 0 Å². The largest absolute Gasteiger partial charge is 0.466 e. The van der Waals surface area contributed by atoms with Crippen LogP contribution in [0.2, 0.25) is 0 Å². The molecular weight excluding hydrogens is 270 g/mol. The molecule has 0 heterocycles. The van der Waals surface area contributed by atoms with Crippen LogP contribution in [0.3, 0.4) is 0 Å². The number of hydrogen-bond donors (Lipinski definition) is 0. The molecule has 0 spiro atoms. The van der Waals surface area contributed by atoms with E-state index in [1.807, 2.05) is 13.0 Å². The molecule has 0 aliphatic rings. The molecule has 5 nitrogen and oxygen atoms in total. The first-order valence-electron chi connectivity index (χ1n) is 6.72. The number of ether oxygens (including phenoxy) is 3. The van der Waals surface area contributed by atoms with E-state index in [-0.39, 0.29) is 12.4 Å². The van der Waals surface area contributed by atoms with E-state index >= 15 is 0 Å². The maximum absolute atomic E-state index is 11.6. The van der Waals surface area contributed by atoms with E-state index in [9.17, 15) is 4.79 Å². The zero-order valence-corrected chi connectivity index (χ0v) is 12.5. The summed E-state index contributed by atoms with van der Waals surface area (Å²) in [5.74, 6) is 0.105. The number of carbonyl (C=O) groups is 1. The zero-order chi connectivity index (χ0) is 15.7. The number of rotatable bonds is 7. The Labute approximate surface area is 124 Å². The summed E-state index contributed by atoms with van der Waals surface area (Å²) in [6.07, 6.45) is 2.82. The van der Waals surface area contributed by atoms with Crippen LogP contribution in [0.4, 0.5) is 0 Å². The highest BCUT2D eigenvalue weighted by Crippen LogP contribution is 2.23. The summed E-state index contributed by atoms with van der Waals surface area (Å²) >= 11 is 0. The van der Waals surface area contributed by atoms with E-state index in [1.54, 1.807) is 38.1 Å². The quantitative estimate of drug-likeness (QED) is 0.438. The Hall–Kier alpha value is -2.48. The number of carbonyl (C=O) groups excluding carboxylic acids is 1. The predicted octanol–water partition coefficient (Wildman–Crippen LogP) is 2.94. The third kappa shape index (κ3) is 5.57. The summed E-state index contributed by atoms with van der Waals surface area (Å²) in [6, 6.07) is 6.95. The van der Waals surface area contributed by atoms with Crippen LogP contribution in [0.15, 0.2) is 30.5 Å². The molecule has 1 atom stereocenters. The van der Waals surface area contributed by atoms with E-state index < -0.39 is 6.29 Å². The predicted molar refractivity (Wildman–Crippen MR) is 77.5 cm³/mol. The molecule has 0 aliphatic heterocycles. The Morgan fingerprint density at radius 2 is 2.24 bits per heavy atom. The first-order valence-corrected chi connectivity index (χ1v) is 6.72. The molecule has 5 heteroatoms. The van der Waals surface area contributed by atoms with Crippen molar-refractivity contribution >= 4 is 5.97 Å². The monoisotopic (exact) mass is 289 g/mol. The summed E-state index contributed by atoms with van der Waals surface area (Å²) in [5.41, 5.74) is 1.11. The molecule has 0 amide bonds. The zero-order valence-electron chi connectivity index (χ0n) is 12.5. The minimum absolute atomic E-state index is 0.0885. The molecule has 0 radical (unpaired) electrons. The SMILES string of the molecule is C/C=C\OC(C)Oc1cc(C#N)ccc1CC(=O)OCC. The Balaban J connectivity index is 2.91. The van der Waals surface area contributed by atoms with Gasteiger partial charge in [-0.1, -0.05) is 12.1 Å². The lowest BCUT2D eigenvalue weighted by Gasteiger charge is -2.17. The summed E-state index contributed by atoms with van der Waals surface area (Å²) in [7, 11) is 0. The van der Waals surface area contributed by atoms with Gasteiger partial charge in [-0.2, -0.15) is 5.26 Å². The maximum Gasteiger partial charge on any atom is 0.310 e. The lowest BCUT2D eigenvalue weighted by molar-refractivity contribution is -0.142. The maximum atomic E-state index is 11.6. The molecule has 1 rings (SSSR count). The van der Waals surface area contributed by atoms with Crippen LogP contribution >= 0.6 is 0 Å². The van der Waals surface area contributed by atoms with Crippen molar-refractivity contribution in [2.75, 3.05) is 6.61 Å². The van der Waals surface area contributed by atoms with Crippen LogP contribution in [-0.4, -0.2) is 18.9 Å². The minimum Gasteiger partial charge on any atom is -0.466 e. The van der Waals surface area contributed by atoms with E-state index in [2.05, 4.69) is 0 Å². The van der Waals surface area contributed by atoms with Gasteiger partial charge in [-0.25, -0.2) is 0 Å². The summed E-state index contributed by atoms with van der Waals surface area (Å²) in [4.78, 5) is 11.6. The normalized spacial score (nSPS) is 11.7. The van der Waals surface area contributed by atoms with Crippen LogP contribution in [-0.2, 0) is 20.7 Å². The highest BCUT2D eigenvalue weighted by Gasteiger charge is 2.13. The van der Waals surface area contributed by atoms with Crippen LogP contribution < -0.4 is 4.74 Å². The molecule has 1 unspecified atom stereocenters. The van der Waals surface area contributed by atoms with Crippen LogP contribution in [0, 0.1) is 11.3 Å². The van der Waals surface area contributed by atoms with E-state index in [0.717, 1.165) is 0 Å². The van der Waals surface area contributed by atoms with Crippen molar-refractivity contribution in [2.45, 2.75) is 33.5 Å². The Morgan fingerprint density at radius 3 is 2.86 bits per heavy atom. The standard InChI is InChI=1S/C16H19NO4/c1-4-8-20-12(3)21-15-9-13(11-17)6-7-14(15)10-16(18)19-5-2/h4,6-9,12H,5,10H2,1-3H3/b8-4-. The third-order valence-electron chi connectivity index (χ3n) is 2.54. The van der Waals surface area contributed by atoms with E-state index in [1.165, 1.54) is 6.26 Å². The molecule has 0 bridgehead atoms. The van der Waals surface area contributed by atoms with Crippen molar-refractivity contribution in [1.82, 2.24) is 0 Å². The molecule has 1 aromatic carbocycles. The highest BCUT2D eigenvalue weighted by atomic mass is 16.7. The van der Waals surface area contributed by atoms with Crippen molar-refractivity contribution in [3.05, 3.63) is 41.7 Å². The fraction of sp³-hybridized carbons (Fsp3) is 0.375. The number of hydrogen-bond acceptors (Lipinski definition) is 5. The third-order valence-corrected chi connectivity index (χ3v) is 2.54. The molecule has 1 aromatic rings. The van der Waals surface area contributed by atoms with Gasteiger partial charge < -0.3 is 14.2 Å². The molecule has 0 fully saturated rings. The fourth-order valence-corrected chi connectivity index (χ4v) is 1.64. The second-order valence-corrected chi connectivity index (χ2v) is 4.21. The van der Waals surface area contributed by atoms with Crippen molar-refractivity contribution in [3.8, 4) is 11.8 Å². The van der Waals surface area contributed by atoms with Gasteiger partial charge in [-0.3, -0.25) is 4.79 Å². The van der Waals surface area contributed by atoms with Gasteiger partial charge in [-0.15, -0.1) is 0 Å². The molecule has 0 saturated carbocycles. The topological polar surface area (TPSA) is 68.5 Å². The number of allylic oxidation sites excluding steroid dienone is 1. The summed E-state index contributed by atoms with van der Waals surface area (Å²) in [5, 5.41) is 8.95. The molecule has 112 valence electrons. The van der Waals surface area contributed by atoms with Gasteiger partial charge in [0.15, 0.2) is 0 Å². The van der Waals surface area contributed by atoms with Crippen LogP contribution in [0.1, 0.15) is 31.9 Å². The Morgan fingerprint density at radius 1 is 1.48 bits per heavy atom. The number of esters is 1. The summed E-state index contributed by atoms with van der Waals surface area (Å²) in [6.45, 7) is 5.63. The van der Waals surface area contributed by atoms with Gasteiger partial charge in [0.25, 0.3) is 0 Å². The van der Waals surface area contributed by atoms with Gasteiger partial charge in [-0.05, 0) is 26.0 Å².